The van der Waals surface area contributed by atoms with Crippen molar-refractivity contribution in [1.82, 2.24) is 0 Å². The van der Waals surface area contributed by atoms with Crippen molar-refractivity contribution in [2.24, 2.45) is 0 Å². The maximum absolute atomic E-state index is 2.61. The Morgan fingerprint density at radius 1 is 0.436 bits per heavy atom. The Labute approximate surface area is 238 Å². The zero-order valence-electron chi connectivity index (χ0n) is 23.9. The molecule has 0 saturated carbocycles. The molecule has 0 nitrogen and oxygen atoms in total. The number of rotatable bonds is 6. The Bertz CT molecular complexity index is 1400. The number of allylic oxidation sites excluding steroid dienone is 2. The number of benzene rings is 4. The van der Waals surface area contributed by atoms with E-state index in [9.17, 15) is 0 Å². The number of hydrogen-bond acceptors (Lipinski definition) is 0. The third-order valence-corrected chi connectivity index (χ3v) is 23.2. The second-order valence-electron chi connectivity index (χ2n) is 12.5. The molecule has 2 heterocycles. The first-order chi connectivity index (χ1) is 18.9. The normalized spacial score (nSPS) is 17.3. The predicted octanol–water partition coefficient (Wildman–Crippen LogP) is 8.54. The van der Waals surface area contributed by atoms with Crippen LogP contribution in [0.4, 0.5) is 0 Å². The van der Waals surface area contributed by atoms with E-state index in [4.69, 9.17) is 0 Å². The Hall–Kier alpha value is -2.99. The first kappa shape index (κ1) is 26.2. The second kappa shape index (κ2) is 10.2. The van der Waals surface area contributed by atoms with E-state index in [2.05, 4.69) is 148 Å². The van der Waals surface area contributed by atoms with Gasteiger partial charge < -0.3 is 0 Å². The summed E-state index contributed by atoms with van der Waals surface area (Å²) in [5, 5.41) is 10.4. The topological polar surface area (TPSA) is 0 Å². The third-order valence-electron chi connectivity index (χ3n) is 9.79. The molecule has 0 fully saturated rings. The molecule has 39 heavy (non-hydrogen) atoms. The van der Waals surface area contributed by atoms with Crippen molar-refractivity contribution in [3.63, 3.8) is 0 Å². The van der Waals surface area contributed by atoms with E-state index in [-0.39, 0.29) is 0 Å². The maximum Gasteiger partial charge on any atom is 0.119 e. The van der Waals surface area contributed by atoms with Crippen LogP contribution in [0, 0.1) is 0 Å². The summed E-state index contributed by atoms with van der Waals surface area (Å²) in [6.07, 6.45) is 2.53. The average Bonchev–Trinajstić information content (AvgIpc) is 3.57. The lowest BCUT2D eigenvalue weighted by molar-refractivity contribution is 1.13. The van der Waals surface area contributed by atoms with E-state index in [0.717, 1.165) is 0 Å². The molecule has 0 unspecified atom stereocenters. The molecular weight excluding hydrogens is 517 g/mol. The van der Waals surface area contributed by atoms with Gasteiger partial charge in [-0.25, -0.2) is 0 Å². The SMILES string of the molecule is C[Si](C)(C1=C(c2ccccc2)[Si]2(CC1)CCC([Si](C)(C)c1ccccc1)=C2c1ccccc1)c1ccccc1. The smallest absolute Gasteiger partial charge is 0.0760 e. The Morgan fingerprint density at radius 3 is 1.08 bits per heavy atom. The highest BCUT2D eigenvalue weighted by molar-refractivity contribution is 7.16. The summed E-state index contributed by atoms with van der Waals surface area (Å²) in [4.78, 5) is 0. The average molecular weight is 557 g/mol. The quantitative estimate of drug-likeness (QED) is 0.209. The molecule has 2 aliphatic rings. The molecule has 0 atom stereocenters. The van der Waals surface area contributed by atoms with Gasteiger partial charge in [-0.3, -0.25) is 0 Å². The summed E-state index contributed by atoms with van der Waals surface area (Å²) in [7, 11) is -5.68. The van der Waals surface area contributed by atoms with Crippen molar-refractivity contribution in [1.29, 1.82) is 0 Å². The van der Waals surface area contributed by atoms with Crippen molar-refractivity contribution in [3.8, 4) is 0 Å². The van der Waals surface area contributed by atoms with E-state index in [0.29, 0.717) is 0 Å². The van der Waals surface area contributed by atoms with Crippen LogP contribution in [0.2, 0.25) is 38.3 Å². The molecule has 1 spiro atoms. The Balaban J connectivity index is 1.64. The molecular formula is C36H40Si3. The lowest BCUT2D eigenvalue weighted by atomic mass is 10.2. The minimum Gasteiger partial charge on any atom is -0.0760 e. The minimum absolute atomic E-state index is 1.27. The highest BCUT2D eigenvalue weighted by atomic mass is 28.3. The molecule has 196 valence electrons. The minimum atomic E-state index is -1.99. The molecule has 6 rings (SSSR count). The second-order valence-corrected chi connectivity index (χ2v) is 25.5. The molecule has 4 aromatic rings. The van der Waals surface area contributed by atoms with Crippen molar-refractivity contribution in [3.05, 3.63) is 143 Å². The van der Waals surface area contributed by atoms with Gasteiger partial charge in [0.15, 0.2) is 0 Å². The van der Waals surface area contributed by atoms with Gasteiger partial charge in [-0.05, 0) is 36.1 Å². The van der Waals surface area contributed by atoms with Gasteiger partial charge in [0.05, 0.1) is 0 Å². The van der Waals surface area contributed by atoms with Crippen LogP contribution in [0.3, 0.4) is 0 Å². The molecule has 0 amide bonds. The molecule has 0 bridgehead atoms. The fraction of sp³-hybridized carbons (Fsp3) is 0.222. The zero-order valence-corrected chi connectivity index (χ0v) is 26.9. The number of hydrogen-bond donors (Lipinski definition) is 0. The summed E-state index contributed by atoms with van der Waals surface area (Å²) >= 11 is 0. The summed E-state index contributed by atoms with van der Waals surface area (Å²) in [6, 6.07) is 48.7. The van der Waals surface area contributed by atoms with Crippen LogP contribution < -0.4 is 10.4 Å². The van der Waals surface area contributed by atoms with Gasteiger partial charge in [0, 0.05) is 0 Å². The molecule has 0 N–H and O–H groups in total. The van der Waals surface area contributed by atoms with E-state index < -0.39 is 24.2 Å². The highest BCUT2D eigenvalue weighted by Crippen LogP contribution is 2.58. The van der Waals surface area contributed by atoms with Crippen LogP contribution in [0.25, 0.3) is 10.4 Å². The summed E-state index contributed by atoms with van der Waals surface area (Å²) in [6.45, 7) is 10.4. The Kier molecular flexibility index (Phi) is 6.86. The standard InChI is InChI=1S/C36H40Si3/c1-37(2,31-21-13-7-14-22-31)33-25-27-39(35(33)29-17-9-5-10-18-29)28-26-34(36(39)30-19-11-6-12-20-30)38(3,4)32-23-15-8-16-24-32/h5-24H,25-28H2,1-4H3. The molecule has 4 aromatic carbocycles. The van der Waals surface area contributed by atoms with Crippen LogP contribution in [-0.2, 0) is 0 Å². The molecule has 0 aliphatic carbocycles. The van der Waals surface area contributed by atoms with E-state index in [1.807, 2.05) is 10.4 Å². The molecule has 0 radical (unpaired) electrons. The van der Waals surface area contributed by atoms with Crippen molar-refractivity contribution >= 4 is 45.0 Å². The first-order valence-corrected chi connectivity index (χ1v) is 23.0. The third kappa shape index (κ3) is 4.41. The Morgan fingerprint density at radius 2 is 0.744 bits per heavy atom. The van der Waals surface area contributed by atoms with Crippen molar-refractivity contribution in [2.45, 2.75) is 51.1 Å². The first-order valence-electron chi connectivity index (χ1n) is 14.6. The molecule has 0 saturated heterocycles. The molecule has 3 heteroatoms. The van der Waals surface area contributed by atoms with Gasteiger partial charge in [0.2, 0.25) is 0 Å². The van der Waals surface area contributed by atoms with Gasteiger partial charge in [0.1, 0.15) is 24.2 Å². The van der Waals surface area contributed by atoms with Gasteiger partial charge in [-0.1, -0.05) is 179 Å². The molecule has 0 aromatic heterocycles. The summed E-state index contributed by atoms with van der Waals surface area (Å²) < 4.78 is 0. The fourth-order valence-electron chi connectivity index (χ4n) is 7.67. The maximum atomic E-state index is 2.61. The lowest BCUT2D eigenvalue weighted by Crippen LogP contribution is -2.45. The van der Waals surface area contributed by atoms with Crippen LogP contribution in [0.1, 0.15) is 24.0 Å². The fourth-order valence-corrected chi connectivity index (χ4v) is 23.0. The van der Waals surface area contributed by atoms with Crippen LogP contribution >= 0.6 is 0 Å². The van der Waals surface area contributed by atoms with Gasteiger partial charge in [-0.2, -0.15) is 0 Å². The van der Waals surface area contributed by atoms with Crippen molar-refractivity contribution < 1.29 is 0 Å². The van der Waals surface area contributed by atoms with Gasteiger partial charge in [-0.15, -0.1) is 0 Å². The monoisotopic (exact) mass is 556 g/mol. The van der Waals surface area contributed by atoms with Gasteiger partial charge >= 0.3 is 0 Å². The zero-order chi connectivity index (χ0) is 27.1. The van der Waals surface area contributed by atoms with Crippen LogP contribution in [-0.4, -0.2) is 24.2 Å². The summed E-state index contributed by atoms with van der Waals surface area (Å²) in [5.74, 6) is 0. The van der Waals surface area contributed by atoms with E-state index in [1.54, 1.807) is 20.8 Å². The molecule has 2 aliphatic heterocycles. The predicted molar refractivity (Wildman–Crippen MR) is 178 cm³/mol. The van der Waals surface area contributed by atoms with Crippen LogP contribution in [0.5, 0.6) is 0 Å². The largest absolute Gasteiger partial charge is 0.119 e. The van der Waals surface area contributed by atoms with Crippen molar-refractivity contribution in [2.75, 3.05) is 0 Å². The highest BCUT2D eigenvalue weighted by Gasteiger charge is 2.54. The summed E-state index contributed by atoms with van der Waals surface area (Å²) in [5.41, 5.74) is 3.00. The van der Waals surface area contributed by atoms with E-state index in [1.165, 1.54) is 36.1 Å². The van der Waals surface area contributed by atoms with E-state index >= 15 is 0 Å². The van der Waals surface area contributed by atoms with Crippen LogP contribution in [0.15, 0.2) is 132 Å². The van der Waals surface area contributed by atoms with Gasteiger partial charge in [0.25, 0.3) is 0 Å². The lowest BCUT2D eigenvalue weighted by Gasteiger charge is -2.34.